The van der Waals surface area contributed by atoms with E-state index in [1.807, 2.05) is 17.6 Å². The minimum absolute atomic E-state index is 0.154. The molecule has 0 unspecified atom stereocenters. The van der Waals surface area contributed by atoms with E-state index in [4.69, 9.17) is 9.72 Å². The van der Waals surface area contributed by atoms with Crippen molar-refractivity contribution in [2.75, 3.05) is 38.1 Å². The summed E-state index contributed by atoms with van der Waals surface area (Å²) in [6.45, 7) is 8.63. The quantitative estimate of drug-likeness (QED) is 0.376. The minimum atomic E-state index is -0.358. The number of anilines is 1. The number of aromatic nitrogens is 3. The van der Waals surface area contributed by atoms with E-state index in [-0.39, 0.29) is 11.7 Å². The standard InChI is InChI=1S/C25H33N5O3/c1-3-33-24(32)19-9-10-22-20(16-19)28-25(26-12-7-15-29-13-5-4-6-14-29)30(22)17-21-23(31)11-8-18(2)27-21/h8-11,16,31H,3-7,12-15,17H2,1-2H3,(H,26,28). The molecule has 0 amide bonds. The number of aromatic hydroxyl groups is 1. The average Bonchev–Trinajstić information content (AvgIpc) is 3.16. The van der Waals surface area contributed by atoms with Gasteiger partial charge in [-0.25, -0.2) is 9.78 Å². The van der Waals surface area contributed by atoms with Gasteiger partial charge in [0.05, 0.1) is 29.7 Å². The summed E-state index contributed by atoms with van der Waals surface area (Å²) in [6, 6.07) is 8.84. The summed E-state index contributed by atoms with van der Waals surface area (Å²) >= 11 is 0. The topological polar surface area (TPSA) is 92.5 Å². The van der Waals surface area contributed by atoms with E-state index < -0.39 is 0 Å². The molecule has 3 heterocycles. The first kappa shape index (κ1) is 23.0. The number of ether oxygens (including phenoxy) is 1. The highest BCUT2D eigenvalue weighted by Crippen LogP contribution is 2.25. The lowest BCUT2D eigenvalue weighted by molar-refractivity contribution is 0.0526. The van der Waals surface area contributed by atoms with Crippen LogP contribution in [-0.4, -0.2) is 63.3 Å². The van der Waals surface area contributed by atoms with Crippen LogP contribution in [0.5, 0.6) is 5.75 Å². The number of carbonyl (C=O) groups excluding carboxylic acids is 1. The predicted molar refractivity (Wildman–Crippen MR) is 129 cm³/mol. The van der Waals surface area contributed by atoms with Crippen LogP contribution in [0.4, 0.5) is 5.95 Å². The molecule has 1 saturated heterocycles. The Morgan fingerprint density at radius 1 is 1.15 bits per heavy atom. The summed E-state index contributed by atoms with van der Waals surface area (Å²) < 4.78 is 7.15. The summed E-state index contributed by atoms with van der Waals surface area (Å²) in [5.41, 5.74) is 3.46. The number of aryl methyl sites for hydroxylation is 1. The highest BCUT2D eigenvalue weighted by atomic mass is 16.5. The lowest BCUT2D eigenvalue weighted by atomic mass is 10.1. The number of esters is 1. The van der Waals surface area contributed by atoms with Crippen LogP contribution in [0.15, 0.2) is 30.3 Å². The summed E-state index contributed by atoms with van der Waals surface area (Å²) in [5, 5.41) is 13.8. The molecule has 0 spiro atoms. The third-order valence-electron chi connectivity index (χ3n) is 6.04. The second-order valence-corrected chi connectivity index (χ2v) is 8.55. The molecule has 3 aromatic rings. The Morgan fingerprint density at radius 2 is 1.97 bits per heavy atom. The van der Waals surface area contributed by atoms with E-state index in [1.54, 1.807) is 31.2 Å². The molecular formula is C25H33N5O3. The molecule has 0 atom stereocenters. The molecule has 1 aromatic carbocycles. The van der Waals surface area contributed by atoms with Gasteiger partial charge in [-0.1, -0.05) is 6.42 Å². The zero-order chi connectivity index (χ0) is 23.2. The first-order valence-electron chi connectivity index (χ1n) is 11.8. The van der Waals surface area contributed by atoms with Gasteiger partial charge in [0.25, 0.3) is 0 Å². The zero-order valence-electron chi connectivity index (χ0n) is 19.5. The summed E-state index contributed by atoms with van der Waals surface area (Å²) in [5.74, 6) is 0.497. The van der Waals surface area contributed by atoms with Gasteiger partial charge < -0.3 is 24.6 Å². The number of likely N-dealkylation sites (tertiary alicyclic amines) is 1. The third-order valence-corrected chi connectivity index (χ3v) is 6.04. The van der Waals surface area contributed by atoms with E-state index in [1.165, 1.54) is 32.4 Å². The van der Waals surface area contributed by atoms with E-state index >= 15 is 0 Å². The molecule has 1 aliphatic rings. The number of hydrogen-bond donors (Lipinski definition) is 2. The maximum atomic E-state index is 12.2. The smallest absolute Gasteiger partial charge is 0.338 e. The summed E-state index contributed by atoms with van der Waals surface area (Å²) in [4.78, 5) is 24.0. The number of fused-ring (bicyclic) bond motifs is 1. The van der Waals surface area contributed by atoms with Crippen LogP contribution in [0.2, 0.25) is 0 Å². The average molecular weight is 452 g/mol. The van der Waals surface area contributed by atoms with Crippen LogP contribution in [0.1, 0.15) is 54.4 Å². The van der Waals surface area contributed by atoms with Gasteiger partial charge in [-0.3, -0.25) is 4.98 Å². The Balaban J connectivity index is 1.57. The predicted octanol–water partition coefficient (Wildman–Crippen LogP) is 3.96. The Kier molecular flexibility index (Phi) is 7.44. The van der Waals surface area contributed by atoms with Gasteiger partial charge in [0.2, 0.25) is 5.95 Å². The van der Waals surface area contributed by atoms with Crippen molar-refractivity contribution in [2.24, 2.45) is 0 Å². The first-order valence-corrected chi connectivity index (χ1v) is 11.8. The first-order chi connectivity index (χ1) is 16.0. The normalized spacial score (nSPS) is 14.5. The number of benzene rings is 1. The molecule has 33 heavy (non-hydrogen) atoms. The molecule has 0 saturated carbocycles. The number of pyridine rings is 1. The van der Waals surface area contributed by atoms with Crippen LogP contribution in [-0.2, 0) is 11.3 Å². The number of piperidine rings is 1. The Bertz CT molecular complexity index is 1100. The van der Waals surface area contributed by atoms with Crippen molar-refractivity contribution >= 4 is 23.0 Å². The van der Waals surface area contributed by atoms with Crippen molar-refractivity contribution in [3.05, 3.63) is 47.3 Å². The molecule has 4 rings (SSSR count). The molecule has 8 heteroatoms. The van der Waals surface area contributed by atoms with Crippen LogP contribution >= 0.6 is 0 Å². The zero-order valence-corrected chi connectivity index (χ0v) is 19.5. The molecule has 0 radical (unpaired) electrons. The number of nitrogens with one attached hydrogen (secondary N) is 1. The number of carbonyl (C=O) groups is 1. The molecular weight excluding hydrogens is 418 g/mol. The molecule has 0 aliphatic carbocycles. The van der Waals surface area contributed by atoms with Gasteiger partial charge in [-0.15, -0.1) is 0 Å². The van der Waals surface area contributed by atoms with E-state index in [9.17, 15) is 9.90 Å². The van der Waals surface area contributed by atoms with E-state index in [2.05, 4.69) is 15.2 Å². The van der Waals surface area contributed by atoms with Gasteiger partial charge in [0, 0.05) is 12.2 Å². The lowest BCUT2D eigenvalue weighted by Crippen LogP contribution is -2.31. The lowest BCUT2D eigenvalue weighted by Gasteiger charge is -2.26. The Hall–Kier alpha value is -3.13. The highest BCUT2D eigenvalue weighted by molar-refractivity contribution is 5.94. The molecule has 1 fully saturated rings. The maximum Gasteiger partial charge on any atom is 0.338 e. The van der Waals surface area contributed by atoms with Crippen LogP contribution < -0.4 is 5.32 Å². The van der Waals surface area contributed by atoms with Crippen molar-refractivity contribution in [1.82, 2.24) is 19.4 Å². The molecule has 8 nitrogen and oxygen atoms in total. The fourth-order valence-electron chi connectivity index (χ4n) is 4.32. The van der Waals surface area contributed by atoms with Gasteiger partial charge in [-0.05, 0) is 83.1 Å². The van der Waals surface area contributed by atoms with E-state index in [0.717, 1.165) is 30.7 Å². The second-order valence-electron chi connectivity index (χ2n) is 8.55. The fourth-order valence-corrected chi connectivity index (χ4v) is 4.32. The van der Waals surface area contributed by atoms with Gasteiger partial charge in [-0.2, -0.15) is 0 Å². The number of imidazole rings is 1. The van der Waals surface area contributed by atoms with Crippen molar-refractivity contribution in [1.29, 1.82) is 0 Å². The van der Waals surface area contributed by atoms with Crippen LogP contribution in [0.25, 0.3) is 11.0 Å². The van der Waals surface area contributed by atoms with Crippen molar-refractivity contribution in [2.45, 2.75) is 46.1 Å². The monoisotopic (exact) mass is 451 g/mol. The molecule has 2 N–H and O–H groups in total. The minimum Gasteiger partial charge on any atom is -0.506 e. The van der Waals surface area contributed by atoms with Gasteiger partial charge in [0.15, 0.2) is 0 Å². The molecule has 0 bridgehead atoms. The number of hydrogen-bond acceptors (Lipinski definition) is 7. The van der Waals surface area contributed by atoms with Crippen LogP contribution in [0, 0.1) is 6.92 Å². The third kappa shape index (κ3) is 5.63. The number of nitrogens with zero attached hydrogens (tertiary/aromatic N) is 4. The van der Waals surface area contributed by atoms with Crippen molar-refractivity contribution in [3.8, 4) is 5.75 Å². The Morgan fingerprint density at radius 3 is 2.76 bits per heavy atom. The van der Waals surface area contributed by atoms with Crippen molar-refractivity contribution < 1.29 is 14.6 Å². The summed E-state index contributed by atoms with van der Waals surface area (Å²) in [7, 11) is 0. The van der Waals surface area contributed by atoms with E-state index in [0.29, 0.717) is 35.9 Å². The van der Waals surface area contributed by atoms with Gasteiger partial charge >= 0.3 is 5.97 Å². The largest absolute Gasteiger partial charge is 0.506 e. The fraction of sp³-hybridized carbons (Fsp3) is 0.480. The molecule has 176 valence electrons. The molecule has 1 aliphatic heterocycles. The van der Waals surface area contributed by atoms with Crippen LogP contribution in [0.3, 0.4) is 0 Å². The summed E-state index contributed by atoms with van der Waals surface area (Å²) in [6.07, 6.45) is 4.94. The second kappa shape index (κ2) is 10.7. The Labute approximate surface area is 194 Å². The maximum absolute atomic E-state index is 12.2. The number of rotatable bonds is 9. The highest BCUT2D eigenvalue weighted by Gasteiger charge is 2.17. The SMILES string of the molecule is CCOC(=O)c1ccc2c(c1)nc(NCCCN1CCCCC1)n2Cc1nc(C)ccc1O. The molecule has 2 aromatic heterocycles. The van der Waals surface area contributed by atoms with Crippen molar-refractivity contribution in [3.63, 3.8) is 0 Å². The van der Waals surface area contributed by atoms with Gasteiger partial charge in [0.1, 0.15) is 11.4 Å².